The third-order valence-electron chi connectivity index (χ3n) is 5.04. The summed E-state index contributed by atoms with van der Waals surface area (Å²) < 4.78 is 5.44. The Hall–Kier alpha value is -2.04. The SMILES string of the molecule is NCCCCCCCC(NC1CSC(c2ccco2)CN(CC(=O)O)C1=O)C(=O)O. The van der Waals surface area contributed by atoms with Gasteiger partial charge in [0.05, 0.1) is 17.6 Å². The number of furan rings is 1. The van der Waals surface area contributed by atoms with Crippen molar-refractivity contribution in [1.82, 2.24) is 10.2 Å². The summed E-state index contributed by atoms with van der Waals surface area (Å²) in [6, 6.07) is 1.90. The molecule has 1 saturated heterocycles. The molecule has 3 unspecified atom stereocenters. The zero-order valence-electron chi connectivity index (χ0n) is 17.0. The van der Waals surface area contributed by atoms with Crippen LogP contribution in [-0.2, 0) is 14.4 Å². The standard InChI is InChI=1S/C20H31N3O6S/c21-9-5-3-1-2-4-7-14(20(27)28)22-15-13-30-17(16-8-6-10-29-16)11-23(19(15)26)12-18(24)25/h6,8,10,14-15,17,22H,1-5,7,9,11-13,21H2,(H,24,25)(H,27,28). The lowest BCUT2D eigenvalue weighted by atomic mass is 10.1. The molecule has 2 rings (SSSR count). The number of nitrogens with zero attached hydrogens (tertiary/aromatic N) is 1. The summed E-state index contributed by atoms with van der Waals surface area (Å²) in [4.78, 5) is 37.2. The predicted molar refractivity (Wildman–Crippen MR) is 113 cm³/mol. The topological polar surface area (TPSA) is 146 Å². The largest absolute Gasteiger partial charge is 0.480 e. The number of nitrogens with one attached hydrogen (secondary N) is 1. The number of hydrogen-bond acceptors (Lipinski definition) is 7. The first-order valence-corrected chi connectivity index (χ1v) is 11.3. The van der Waals surface area contributed by atoms with Gasteiger partial charge >= 0.3 is 11.9 Å². The molecular weight excluding hydrogens is 410 g/mol. The molecule has 1 fully saturated rings. The van der Waals surface area contributed by atoms with Crippen LogP contribution in [0.2, 0.25) is 0 Å². The fourth-order valence-corrected chi connectivity index (χ4v) is 4.71. The lowest BCUT2D eigenvalue weighted by molar-refractivity contribution is -0.146. The van der Waals surface area contributed by atoms with Crippen molar-refractivity contribution in [2.45, 2.75) is 55.9 Å². The molecule has 1 amide bonds. The number of aliphatic carboxylic acids is 2. The second kappa shape index (κ2) is 12.6. The number of nitrogens with two attached hydrogens (primary N) is 1. The third kappa shape index (κ3) is 7.66. The van der Waals surface area contributed by atoms with Crippen LogP contribution < -0.4 is 11.1 Å². The van der Waals surface area contributed by atoms with Gasteiger partial charge in [0.25, 0.3) is 0 Å². The Balaban J connectivity index is 2.00. The molecule has 1 aliphatic heterocycles. The molecule has 5 N–H and O–H groups in total. The number of thioether (sulfide) groups is 1. The Kier molecular flexibility index (Phi) is 10.2. The van der Waals surface area contributed by atoms with Crippen LogP contribution >= 0.6 is 11.8 Å². The van der Waals surface area contributed by atoms with E-state index in [0.29, 0.717) is 24.5 Å². The van der Waals surface area contributed by atoms with Crippen LogP contribution in [0.25, 0.3) is 0 Å². The van der Waals surface area contributed by atoms with Crippen LogP contribution in [0.5, 0.6) is 0 Å². The van der Waals surface area contributed by atoms with E-state index >= 15 is 0 Å². The van der Waals surface area contributed by atoms with Crippen molar-refractivity contribution in [2.75, 3.05) is 25.4 Å². The summed E-state index contributed by atoms with van der Waals surface area (Å²) in [5, 5.41) is 21.6. The number of carboxylic acid groups (broad SMARTS) is 2. The fraction of sp³-hybridized carbons (Fsp3) is 0.650. The Bertz CT molecular complexity index is 684. The van der Waals surface area contributed by atoms with Crippen LogP contribution in [0.15, 0.2) is 22.8 Å². The Labute approximate surface area is 180 Å². The number of amides is 1. The van der Waals surface area contributed by atoms with Crippen LogP contribution in [0.4, 0.5) is 0 Å². The molecule has 1 aromatic rings. The smallest absolute Gasteiger partial charge is 0.323 e. The van der Waals surface area contributed by atoms with Gasteiger partial charge in [-0.1, -0.05) is 25.7 Å². The minimum absolute atomic E-state index is 0.195. The van der Waals surface area contributed by atoms with Crippen LogP contribution in [0.1, 0.15) is 49.5 Å². The number of carbonyl (C=O) groups excluding carboxylic acids is 1. The first-order valence-electron chi connectivity index (χ1n) is 10.3. The molecule has 0 saturated carbocycles. The normalized spacial score (nSPS) is 20.7. The molecule has 1 aliphatic rings. The number of hydrogen-bond donors (Lipinski definition) is 4. The highest BCUT2D eigenvalue weighted by atomic mass is 32.2. The molecule has 9 nitrogen and oxygen atoms in total. The molecule has 0 spiro atoms. The van der Waals surface area contributed by atoms with E-state index in [9.17, 15) is 24.6 Å². The Morgan fingerprint density at radius 3 is 2.63 bits per heavy atom. The minimum Gasteiger partial charge on any atom is -0.480 e. The van der Waals surface area contributed by atoms with Crippen molar-refractivity contribution < 1.29 is 29.0 Å². The first kappa shape index (κ1) is 24.2. The van der Waals surface area contributed by atoms with Crippen molar-refractivity contribution in [3.05, 3.63) is 24.2 Å². The molecule has 0 bridgehead atoms. The van der Waals surface area contributed by atoms with Crippen molar-refractivity contribution in [1.29, 1.82) is 0 Å². The summed E-state index contributed by atoms with van der Waals surface area (Å²) in [5.41, 5.74) is 5.47. The first-order chi connectivity index (χ1) is 14.4. The summed E-state index contributed by atoms with van der Waals surface area (Å²) in [7, 11) is 0. The zero-order chi connectivity index (χ0) is 21.9. The number of unbranched alkanes of at least 4 members (excludes halogenated alkanes) is 4. The van der Waals surface area contributed by atoms with Gasteiger partial charge in [-0.2, -0.15) is 0 Å². The molecule has 3 atom stereocenters. The molecule has 30 heavy (non-hydrogen) atoms. The van der Waals surface area contributed by atoms with Gasteiger partial charge in [0.1, 0.15) is 18.3 Å². The second-order valence-electron chi connectivity index (χ2n) is 7.41. The van der Waals surface area contributed by atoms with Gasteiger partial charge < -0.3 is 25.3 Å². The van der Waals surface area contributed by atoms with E-state index in [4.69, 9.17) is 10.2 Å². The number of carboxylic acids is 2. The second-order valence-corrected chi connectivity index (χ2v) is 8.64. The van der Waals surface area contributed by atoms with E-state index in [2.05, 4.69) is 5.32 Å². The maximum Gasteiger partial charge on any atom is 0.323 e. The predicted octanol–water partition coefficient (Wildman–Crippen LogP) is 1.69. The summed E-state index contributed by atoms with van der Waals surface area (Å²) in [5.74, 6) is -1.52. The molecule has 0 aromatic carbocycles. The van der Waals surface area contributed by atoms with E-state index < -0.39 is 36.5 Å². The lowest BCUT2D eigenvalue weighted by Gasteiger charge is -2.26. The number of rotatable bonds is 13. The summed E-state index contributed by atoms with van der Waals surface area (Å²) in [6.45, 7) is 0.417. The van der Waals surface area contributed by atoms with Gasteiger partial charge in [-0.05, 0) is 31.5 Å². The molecule has 1 aromatic heterocycles. The van der Waals surface area contributed by atoms with Crippen LogP contribution in [0, 0.1) is 0 Å². The van der Waals surface area contributed by atoms with Crippen LogP contribution in [-0.4, -0.2) is 70.4 Å². The molecule has 10 heteroatoms. The summed E-state index contributed by atoms with van der Waals surface area (Å²) in [6.07, 6.45) is 6.57. The Morgan fingerprint density at radius 1 is 1.27 bits per heavy atom. The molecule has 168 valence electrons. The fourth-order valence-electron chi connectivity index (χ4n) is 3.46. The van der Waals surface area contributed by atoms with Crippen molar-refractivity contribution in [2.24, 2.45) is 5.73 Å². The van der Waals surface area contributed by atoms with E-state index in [1.165, 1.54) is 22.9 Å². The third-order valence-corrected chi connectivity index (χ3v) is 6.35. The highest BCUT2D eigenvalue weighted by molar-refractivity contribution is 7.99. The van der Waals surface area contributed by atoms with Crippen LogP contribution in [0.3, 0.4) is 0 Å². The van der Waals surface area contributed by atoms with Gasteiger partial charge in [-0.25, -0.2) is 0 Å². The molecule has 0 aliphatic carbocycles. The van der Waals surface area contributed by atoms with Gasteiger partial charge in [0, 0.05) is 12.3 Å². The lowest BCUT2D eigenvalue weighted by Crippen LogP contribution is -2.53. The number of carbonyl (C=O) groups is 3. The zero-order valence-corrected chi connectivity index (χ0v) is 17.8. The monoisotopic (exact) mass is 441 g/mol. The van der Waals surface area contributed by atoms with Gasteiger partial charge in [0.15, 0.2) is 0 Å². The highest BCUT2D eigenvalue weighted by Crippen LogP contribution is 2.33. The minimum atomic E-state index is -1.11. The highest BCUT2D eigenvalue weighted by Gasteiger charge is 2.36. The maximum atomic E-state index is 13.0. The average molecular weight is 442 g/mol. The summed E-state index contributed by atoms with van der Waals surface area (Å²) >= 11 is 1.46. The van der Waals surface area contributed by atoms with E-state index in [0.717, 1.165) is 32.1 Å². The van der Waals surface area contributed by atoms with E-state index in [1.54, 1.807) is 12.1 Å². The molecule has 0 radical (unpaired) electrons. The van der Waals surface area contributed by atoms with E-state index in [-0.39, 0.29) is 11.8 Å². The maximum absolute atomic E-state index is 13.0. The van der Waals surface area contributed by atoms with Crippen molar-refractivity contribution in [3.63, 3.8) is 0 Å². The van der Waals surface area contributed by atoms with Crippen molar-refractivity contribution >= 4 is 29.6 Å². The average Bonchev–Trinajstić information content (AvgIpc) is 3.19. The van der Waals surface area contributed by atoms with Crippen molar-refractivity contribution in [3.8, 4) is 0 Å². The molecule has 2 heterocycles. The van der Waals surface area contributed by atoms with E-state index in [1.807, 2.05) is 0 Å². The van der Waals surface area contributed by atoms with Gasteiger partial charge in [-0.3, -0.25) is 19.7 Å². The quantitative estimate of drug-likeness (QED) is 0.336. The van der Waals surface area contributed by atoms with Gasteiger partial charge in [-0.15, -0.1) is 11.8 Å². The Morgan fingerprint density at radius 2 is 2.00 bits per heavy atom. The molecular formula is C20H31N3O6S. The van der Waals surface area contributed by atoms with Gasteiger partial charge in [0.2, 0.25) is 5.91 Å².